The van der Waals surface area contributed by atoms with Crippen molar-refractivity contribution < 1.29 is 13.2 Å². The smallest absolute Gasteiger partial charge is 0.232 e. The third kappa shape index (κ3) is 4.63. The summed E-state index contributed by atoms with van der Waals surface area (Å²) < 4.78 is 22.4. The molecule has 7 heteroatoms. The van der Waals surface area contributed by atoms with Gasteiger partial charge < -0.3 is 9.80 Å². The molecule has 1 amide bonds. The van der Waals surface area contributed by atoms with E-state index in [-0.39, 0.29) is 24.0 Å². The molecule has 0 N–H and O–H groups in total. The summed E-state index contributed by atoms with van der Waals surface area (Å²) >= 11 is 0. The summed E-state index contributed by atoms with van der Waals surface area (Å²) in [5.74, 6) is -0.335. The highest BCUT2D eigenvalue weighted by atomic mass is 35.7. The summed E-state index contributed by atoms with van der Waals surface area (Å²) in [6.45, 7) is 3.20. The van der Waals surface area contributed by atoms with Gasteiger partial charge in [0.2, 0.25) is 15.0 Å². The summed E-state index contributed by atoms with van der Waals surface area (Å²) in [6, 6.07) is 8.34. The van der Waals surface area contributed by atoms with Gasteiger partial charge in [0.15, 0.2) is 0 Å². The topological polar surface area (TPSA) is 57.7 Å². The van der Waals surface area contributed by atoms with Crippen molar-refractivity contribution in [3.8, 4) is 0 Å². The molecule has 1 aromatic carbocycles. The summed E-state index contributed by atoms with van der Waals surface area (Å²) in [7, 11) is 1.74. The zero-order chi connectivity index (χ0) is 17.2. The van der Waals surface area contributed by atoms with Gasteiger partial charge in [-0.25, -0.2) is 8.42 Å². The van der Waals surface area contributed by atoms with Gasteiger partial charge in [-0.15, -0.1) is 0 Å². The van der Waals surface area contributed by atoms with E-state index in [2.05, 4.69) is 29.2 Å². The Kier molecular flexibility index (Phi) is 5.35. The van der Waals surface area contributed by atoms with Crippen LogP contribution in [0.2, 0.25) is 0 Å². The van der Waals surface area contributed by atoms with E-state index in [4.69, 9.17) is 10.7 Å². The fraction of sp³-hybridized carbons (Fsp3) is 0.588. The van der Waals surface area contributed by atoms with E-state index in [1.165, 1.54) is 24.9 Å². The molecule has 1 atom stereocenters. The van der Waals surface area contributed by atoms with Crippen LogP contribution in [0.3, 0.4) is 0 Å². The SMILES string of the molecule is O=C1CC(CS(=O)(=O)Cl)CN1Cc1ccc(N2CCCCC2)cc1. The lowest BCUT2D eigenvalue weighted by atomic mass is 10.1. The number of carbonyl (C=O) groups is 1. The largest absolute Gasteiger partial charge is 0.372 e. The number of hydrogen-bond donors (Lipinski definition) is 0. The molecule has 2 heterocycles. The molecule has 0 aliphatic carbocycles. The molecular weight excluding hydrogens is 348 g/mol. The molecule has 2 fully saturated rings. The van der Waals surface area contributed by atoms with Crippen LogP contribution in [0.4, 0.5) is 5.69 Å². The molecule has 0 radical (unpaired) electrons. The Morgan fingerprint density at radius 1 is 1.08 bits per heavy atom. The second-order valence-electron chi connectivity index (χ2n) is 6.76. The zero-order valence-electron chi connectivity index (χ0n) is 13.7. The quantitative estimate of drug-likeness (QED) is 0.747. The van der Waals surface area contributed by atoms with Gasteiger partial charge in [0.1, 0.15) is 0 Å². The first-order valence-corrected chi connectivity index (χ1v) is 10.9. The summed E-state index contributed by atoms with van der Waals surface area (Å²) in [4.78, 5) is 16.2. The highest BCUT2D eigenvalue weighted by molar-refractivity contribution is 8.13. The number of piperidine rings is 1. The Balaban J connectivity index is 1.58. The van der Waals surface area contributed by atoms with E-state index in [0.717, 1.165) is 18.7 Å². The van der Waals surface area contributed by atoms with Crippen LogP contribution in [0.1, 0.15) is 31.2 Å². The minimum atomic E-state index is -3.56. The second kappa shape index (κ2) is 7.31. The molecule has 132 valence electrons. The standard InChI is InChI=1S/C17H23ClN2O3S/c18-24(22,23)13-15-10-17(21)20(12-15)11-14-4-6-16(7-5-14)19-8-2-1-3-9-19/h4-7,15H,1-3,8-13H2. The van der Waals surface area contributed by atoms with Gasteiger partial charge in [-0.2, -0.15) is 0 Å². The molecule has 0 aromatic heterocycles. The molecule has 0 spiro atoms. The Labute approximate surface area is 148 Å². The third-order valence-electron chi connectivity index (χ3n) is 4.76. The molecule has 2 aliphatic heterocycles. The fourth-order valence-corrected chi connectivity index (χ4v) is 4.91. The van der Waals surface area contributed by atoms with Crippen LogP contribution < -0.4 is 4.90 Å². The van der Waals surface area contributed by atoms with E-state index >= 15 is 0 Å². The van der Waals surface area contributed by atoms with E-state index in [1.807, 2.05) is 0 Å². The minimum Gasteiger partial charge on any atom is -0.372 e. The Hall–Kier alpha value is -1.27. The second-order valence-corrected chi connectivity index (χ2v) is 9.59. The first kappa shape index (κ1) is 17.5. The van der Waals surface area contributed by atoms with Gasteiger partial charge in [0.05, 0.1) is 5.75 Å². The summed E-state index contributed by atoms with van der Waals surface area (Å²) in [5, 5.41) is 0. The molecule has 0 bridgehead atoms. The maximum absolute atomic E-state index is 12.1. The van der Waals surface area contributed by atoms with Crippen molar-refractivity contribution in [2.75, 3.05) is 30.3 Å². The maximum Gasteiger partial charge on any atom is 0.232 e. The predicted molar refractivity (Wildman–Crippen MR) is 95.7 cm³/mol. The Bertz CT molecular complexity index is 684. The number of amides is 1. The van der Waals surface area contributed by atoms with Crippen LogP contribution in [-0.2, 0) is 20.4 Å². The van der Waals surface area contributed by atoms with Gasteiger partial charge in [-0.1, -0.05) is 12.1 Å². The highest BCUT2D eigenvalue weighted by Crippen LogP contribution is 2.24. The molecule has 5 nitrogen and oxygen atoms in total. The fourth-order valence-electron chi connectivity index (χ4n) is 3.58. The zero-order valence-corrected chi connectivity index (χ0v) is 15.2. The van der Waals surface area contributed by atoms with Crippen molar-refractivity contribution in [3.63, 3.8) is 0 Å². The summed E-state index contributed by atoms with van der Waals surface area (Å²) in [5.41, 5.74) is 2.30. The summed E-state index contributed by atoms with van der Waals surface area (Å²) in [6.07, 6.45) is 4.06. The predicted octanol–water partition coefficient (Wildman–Crippen LogP) is 2.59. The van der Waals surface area contributed by atoms with Crippen molar-refractivity contribution in [2.45, 2.75) is 32.2 Å². The first-order chi connectivity index (χ1) is 11.4. The molecule has 3 rings (SSSR count). The number of halogens is 1. The van der Waals surface area contributed by atoms with Crippen LogP contribution in [0.15, 0.2) is 24.3 Å². The molecule has 2 aliphatic rings. The van der Waals surface area contributed by atoms with Gasteiger partial charge in [-0.3, -0.25) is 4.79 Å². The molecule has 1 aromatic rings. The van der Waals surface area contributed by atoms with E-state index < -0.39 is 9.05 Å². The normalized spacial score (nSPS) is 22.2. The average Bonchev–Trinajstić information content (AvgIpc) is 2.86. The molecular formula is C17H23ClN2O3S. The number of rotatable bonds is 5. The lowest BCUT2D eigenvalue weighted by Crippen LogP contribution is -2.29. The molecule has 1 unspecified atom stereocenters. The van der Waals surface area contributed by atoms with E-state index in [9.17, 15) is 13.2 Å². The maximum atomic E-state index is 12.1. The van der Waals surface area contributed by atoms with Crippen LogP contribution in [0.25, 0.3) is 0 Å². The number of benzene rings is 1. The van der Waals surface area contributed by atoms with Crippen LogP contribution in [0, 0.1) is 5.92 Å². The Morgan fingerprint density at radius 2 is 1.75 bits per heavy atom. The number of hydrogen-bond acceptors (Lipinski definition) is 4. The van der Waals surface area contributed by atoms with E-state index in [1.54, 1.807) is 4.90 Å². The van der Waals surface area contributed by atoms with Crippen LogP contribution in [-0.4, -0.2) is 44.6 Å². The Morgan fingerprint density at radius 3 is 2.38 bits per heavy atom. The van der Waals surface area contributed by atoms with Crippen molar-refractivity contribution in [2.24, 2.45) is 5.92 Å². The van der Waals surface area contributed by atoms with Gasteiger partial charge >= 0.3 is 0 Å². The van der Waals surface area contributed by atoms with Crippen LogP contribution in [0.5, 0.6) is 0 Å². The van der Waals surface area contributed by atoms with Crippen molar-refractivity contribution in [1.29, 1.82) is 0 Å². The van der Waals surface area contributed by atoms with Gasteiger partial charge in [0.25, 0.3) is 0 Å². The number of likely N-dealkylation sites (tertiary alicyclic amines) is 1. The molecule has 0 saturated carbocycles. The van der Waals surface area contributed by atoms with Crippen molar-refractivity contribution >= 4 is 31.3 Å². The lowest BCUT2D eigenvalue weighted by Gasteiger charge is -2.29. The molecule has 24 heavy (non-hydrogen) atoms. The third-order valence-corrected chi connectivity index (χ3v) is 6.01. The highest BCUT2D eigenvalue weighted by Gasteiger charge is 2.32. The lowest BCUT2D eigenvalue weighted by molar-refractivity contribution is -0.128. The van der Waals surface area contributed by atoms with Gasteiger partial charge in [-0.05, 0) is 37.0 Å². The number of nitrogens with zero attached hydrogens (tertiary/aromatic N) is 2. The monoisotopic (exact) mass is 370 g/mol. The van der Waals surface area contributed by atoms with Crippen molar-refractivity contribution in [1.82, 2.24) is 4.90 Å². The minimum absolute atomic E-state index is 0.000392. The number of anilines is 1. The van der Waals surface area contributed by atoms with Crippen molar-refractivity contribution in [3.05, 3.63) is 29.8 Å². The first-order valence-electron chi connectivity index (χ1n) is 8.45. The molecule has 2 saturated heterocycles. The van der Waals surface area contributed by atoms with E-state index in [0.29, 0.717) is 13.1 Å². The number of carbonyl (C=O) groups excluding carboxylic acids is 1. The average molecular weight is 371 g/mol. The van der Waals surface area contributed by atoms with Gasteiger partial charge in [0, 0.05) is 54.9 Å². The van der Waals surface area contributed by atoms with Crippen LogP contribution >= 0.6 is 10.7 Å².